The maximum Gasteiger partial charge on any atom is 0.191 e. The van der Waals surface area contributed by atoms with Gasteiger partial charge in [0.2, 0.25) is 0 Å². The van der Waals surface area contributed by atoms with Gasteiger partial charge in [-0.1, -0.05) is 38.1 Å². The number of rotatable bonds is 10. The molecule has 8 heteroatoms. The molecule has 2 heterocycles. The van der Waals surface area contributed by atoms with E-state index in [0.717, 1.165) is 71.3 Å². The first-order valence-corrected chi connectivity index (χ1v) is 12.3. The lowest BCUT2D eigenvalue weighted by Crippen LogP contribution is -2.50. The minimum atomic E-state index is 0. The molecule has 0 aliphatic carbocycles. The highest BCUT2D eigenvalue weighted by molar-refractivity contribution is 14.0. The zero-order valence-corrected chi connectivity index (χ0v) is 22.9. The zero-order valence-electron chi connectivity index (χ0n) is 20.6. The van der Waals surface area contributed by atoms with Crippen LogP contribution in [0.2, 0.25) is 0 Å². The van der Waals surface area contributed by atoms with Gasteiger partial charge in [-0.15, -0.1) is 24.0 Å². The summed E-state index contributed by atoms with van der Waals surface area (Å²) >= 11 is 0. The number of benzene rings is 1. The molecule has 0 radical (unpaired) electrons. The number of morpholine rings is 1. The quantitative estimate of drug-likeness (QED) is 0.254. The molecule has 0 bridgehead atoms. The highest BCUT2D eigenvalue weighted by Crippen LogP contribution is 2.15. The van der Waals surface area contributed by atoms with Gasteiger partial charge in [0.25, 0.3) is 0 Å². The predicted molar refractivity (Wildman–Crippen MR) is 144 cm³/mol. The molecule has 2 aliphatic heterocycles. The molecule has 2 aliphatic rings. The third-order valence-electron chi connectivity index (χ3n) is 5.75. The van der Waals surface area contributed by atoms with Gasteiger partial charge >= 0.3 is 0 Å². The summed E-state index contributed by atoms with van der Waals surface area (Å²) in [4.78, 5) is 7.29. The van der Waals surface area contributed by atoms with Gasteiger partial charge in [0.15, 0.2) is 5.96 Å². The van der Waals surface area contributed by atoms with E-state index in [4.69, 9.17) is 19.2 Å². The number of hydrogen-bond acceptors (Lipinski definition) is 5. The van der Waals surface area contributed by atoms with Crippen LogP contribution in [0.1, 0.15) is 44.7 Å². The van der Waals surface area contributed by atoms with Crippen LogP contribution in [0.25, 0.3) is 0 Å². The van der Waals surface area contributed by atoms with Crippen LogP contribution in [0.4, 0.5) is 0 Å². The van der Waals surface area contributed by atoms with Crippen LogP contribution in [-0.2, 0) is 27.4 Å². The Hall–Kier alpha value is -0.940. The van der Waals surface area contributed by atoms with Crippen molar-refractivity contribution < 1.29 is 14.2 Å². The molecule has 2 N–H and O–H groups in total. The Kier molecular flexibility index (Phi) is 13.6. The minimum absolute atomic E-state index is 0. The molecule has 0 saturated carbocycles. The molecule has 188 valence electrons. The Morgan fingerprint density at radius 1 is 1.18 bits per heavy atom. The maximum atomic E-state index is 6.07. The van der Waals surface area contributed by atoms with Crippen molar-refractivity contribution in [3.05, 3.63) is 35.4 Å². The maximum absolute atomic E-state index is 6.07. The molecule has 1 aromatic rings. The first-order chi connectivity index (χ1) is 15.6. The summed E-state index contributed by atoms with van der Waals surface area (Å²) in [5.74, 6) is 1.51. The Morgan fingerprint density at radius 2 is 1.97 bits per heavy atom. The molecule has 2 fully saturated rings. The van der Waals surface area contributed by atoms with E-state index >= 15 is 0 Å². The highest BCUT2D eigenvalue weighted by Gasteiger charge is 2.21. The lowest BCUT2D eigenvalue weighted by atomic mass is 10.1. The van der Waals surface area contributed by atoms with Crippen LogP contribution < -0.4 is 10.6 Å². The van der Waals surface area contributed by atoms with E-state index in [-0.39, 0.29) is 30.1 Å². The van der Waals surface area contributed by atoms with E-state index in [1.54, 1.807) is 0 Å². The van der Waals surface area contributed by atoms with Crippen LogP contribution in [0.3, 0.4) is 0 Å². The number of aliphatic imine (C=N–C) groups is 1. The lowest BCUT2D eigenvalue weighted by molar-refractivity contribution is -0.0390. The van der Waals surface area contributed by atoms with Crippen molar-refractivity contribution in [2.24, 2.45) is 10.9 Å². The summed E-state index contributed by atoms with van der Waals surface area (Å²) in [7, 11) is 0. The summed E-state index contributed by atoms with van der Waals surface area (Å²) in [6.07, 6.45) is 2.48. The molecule has 2 saturated heterocycles. The van der Waals surface area contributed by atoms with E-state index in [1.807, 2.05) is 0 Å². The number of halogens is 1. The SMILES string of the molecule is CCNC(=NCc1cccc(COC2CCOCC2)c1)NCC1CN(CC(C)C)CCO1.I. The molecule has 3 rings (SSSR count). The van der Waals surface area contributed by atoms with Crippen molar-refractivity contribution in [2.75, 3.05) is 52.5 Å². The fraction of sp³-hybridized carbons (Fsp3) is 0.720. The zero-order chi connectivity index (χ0) is 22.6. The van der Waals surface area contributed by atoms with Crippen LogP contribution >= 0.6 is 24.0 Å². The average molecular weight is 575 g/mol. The molecule has 0 aromatic heterocycles. The Balaban J connectivity index is 0.00000385. The van der Waals surface area contributed by atoms with Gasteiger partial charge in [0.05, 0.1) is 32.0 Å². The minimum Gasteiger partial charge on any atom is -0.381 e. The van der Waals surface area contributed by atoms with Gasteiger partial charge < -0.3 is 24.8 Å². The second-order valence-corrected chi connectivity index (χ2v) is 9.16. The molecule has 1 atom stereocenters. The van der Waals surface area contributed by atoms with Gasteiger partial charge in [-0.3, -0.25) is 4.90 Å². The Bertz CT molecular complexity index is 698. The number of hydrogen-bond donors (Lipinski definition) is 2. The van der Waals surface area contributed by atoms with Crippen LogP contribution in [0.5, 0.6) is 0 Å². The molecule has 7 nitrogen and oxygen atoms in total. The smallest absolute Gasteiger partial charge is 0.191 e. The molecular formula is C25H43IN4O3. The molecular weight excluding hydrogens is 531 g/mol. The first kappa shape index (κ1) is 28.3. The Morgan fingerprint density at radius 3 is 2.73 bits per heavy atom. The normalized spacial score (nSPS) is 20.5. The number of nitrogens with one attached hydrogen (secondary N) is 2. The fourth-order valence-corrected chi connectivity index (χ4v) is 4.18. The first-order valence-electron chi connectivity index (χ1n) is 12.3. The number of guanidine groups is 1. The molecule has 33 heavy (non-hydrogen) atoms. The van der Waals surface area contributed by atoms with Gasteiger partial charge in [-0.25, -0.2) is 4.99 Å². The summed E-state index contributed by atoms with van der Waals surface area (Å²) in [6.45, 7) is 15.0. The molecule has 0 spiro atoms. The van der Waals surface area contributed by atoms with Crippen molar-refractivity contribution >= 4 is 29.9 Å². The third-order valence-corrected chi connectivity index (χ3v) is 5.75. The van der Waals surface area contributed by atoms with Gasteiger partial charge in [0, 0.05) is 45.9 Å². The second kappa shape index (κ2) is 15.9. The van der Waals surface area contributed by atoms with Crippen molar-refractivity contribution in [3.8, 4) is 0 Å². The van der Waals surface area contributed by atoms with Gasteiger partial charge in [-0.2, -0.15) is 0 Å². The average Bonchev–Trinajstić information content (AvgIpc) is 2.80. The lowest BCUT2D eigenvalue weighted by Gasteiger charge is -2.34. The van der Waals surface area contributed by atoms with E-state index in [1.165, 1.54) is 11.1 Å². The van der Waals surface area contributed by atoms with Gasteiger partial charge in [-0.05, 0) is 36.8 Å². The van der Waals surface area contributed by atoms with E-state index in [2.05, 4.69) is 60.6 Å². The Labute approximate surface area is 217 Å². The molecule has 1 unspecified atom stereocenters. The highest BCUT2D eigenvalue weighted by atomic mass is 127. The molecule has 0 amide bonds. The largest absolute Gasteiger partial charge is 0.381 e. The van der Waals surface area contributed by atoms with Crippen molar-refractivity contribution in [2.45, 2.75) is 59.0 Å². The monoisotopic (exact) mass is 574 g/mol. The van der Waals surface area contributed by atoms with Crippen molar-refractivity contribution in [3.63, 3.8) is 0 Å². The van der Waals surface area contributed by atoms with Crippen molar-refractivity contribution in [1.29, 1.82) is 0 Å². The van der Waals surface area contributed by atoms with Gasteiger partial charge in [0.1, 0.15) is 0 Å². The van der Waals surface area contributed by atoms with Crippen molar-refractivity contribution in [1.82, 2.24) is 15.5 Å². The number of ether oxygens (including phenoxy) is 3. The van der Waals surface area contributed by atoms with Crippen LogP contribution in [0, 0.1) is 5.92 Å². The summed E-state index contributed by atoms with van der Waals surface area (Å²) in [5.41, 5.74) is 2.38. The van der Waals surface area contributed by atoms with E-state index < -0.39 is 0 Å². The third kappa shape index (κ3) is 10.9. The fourth-order valence-electron chi connectivity index (χ4n) is 4.18. The van der Waals surface area contributed by atoms with E-state index in [0.29, 0.717) is 25.2 Å². The summed E-state index contributed by atoms with van der Waals surface area (Å²) < 4.78 is 17.4. The summed E-state index contributed by atoms with van der Waals surface area (Å²) in [6, 6.07) is 8.53. The molecule has 1 aromatic carbocycles. The standard InChI is InChI=1S/C25H42N4O3.HI/c1-4-26-25(28-16-24-18-29(10-13-31-24)17-20(2)3)27-15-21-6-5-7-22(14-21)19-32-23-8-11-30-12-9-23;/h5-7,14,20,23-24H,4,8-13,15-19H2,1-3H3,(H2,26,27,28);1H. The topological polar surface area (TPSA) is 67.4 Å². The number of nitrogens with zero attached hydrogens (tertiary/aromatic N) is 2. The van der Waals surface area contributed by atoms with E-state index in [9.17, 15) is 0 Å². The second-order valence-electron chi connectivity index (χ2n) is 9.16. The predicted octanol–water partition coefficient (Wildman–Crippen LogP) is 3.41. The summed E-state index contributed by atoms with van der Waals surface area (Å²) in [5, 5.41) is 6.82. The van der Waals surface area contributed by atoms with Crippen LogP contribution in [-0.4, -0.2) is 75.6 Å². The van der Waals surface area contributed by atoms with Crippen LogP contribution in [0.15, 0.2) is 29.3 Å².